The molecule has 0 radical (unpaired) electrons. The van der Waals surface area contributed by atoms with Crippen molar-refractivity contribution < 1.29 is 13.9 Å². The topological polar surface area (TPSA) is 26.3 Å². The van der Waals surface area contributed by atoms with Crippen LogP contribution < -0.4 is 0 Å². The molecule has 19 heavy (non-hydrogen) atoms. The summed E-state index contributed by atoms with van der Waals surface area (Å²) in [7, 11) is 0. The fraction of sp³-hybridized carbons (Fsp3) is 0.933. The van der Waals surface area contributed by atoms with Gasteiger partial charge in [-0.1, -0.05) is 27.7 Å². The molecule has 0 aromatic rings. The Kier molecular flexibility index (Phi) is 11.4. The Morgan fingerprint density at radius 2 is 1.95 bits per heavy atom. The molecule has 0 aliphatic rings. The predicted molar refractivity (Wildman–Crippen MR) is 81.4 cm³/mol. The molecule has 0 spiro atoms. The molecule has 0 aromatic heterocycles. The first-order valence-corrected chi connectivity index (χ1v) is 8.50. The first kappa shape index (κ1) is 18.8. The largest absolute Gasteiger partial charge is 0.465 e. The van der Waals surface area contributed by atoms with E-state index < -0.39 is 6.17 Å². The molecule has 0 N–H and O–H groups in total. The number of rotatable bonds is 11. The lowest BCUT2D eigenvalue weighted by molar-refractivity contribution is -0.143. The normalized spacial score (nSPS) is 14.4. The molecule has 2 nitrogen and oxygen atoms in total. The van der Waals surface area contributed by atoms with Gasteiger partial charge < -0.3 is 4.74 Å². The van der Waals surface area contributed by atoms with Gasteiger partial charge in [-0.05, 0) is 43.8 Å². The van der Waals surface area contributed by atoms with E-state index in [1.165, 1.54) is 0 Å². The highest BCUT2D eigenvalue weighted by Crippen LogP contribution is 2.23. The van der Waals surface area contributed by atoms with E-state index in [-0.39, 0.29) is 17.1 Å². The van der Waals surface area contributed by atoms with Gasteiger partial charge in [0, 0.05) is 0 Å². The summed E-state index contributed by atoms with van der Waals surface area (Å²) in [6.07, 6.45) is 3.30. The smallest absolute Gasteiger partial charge is 0.319 e. The second-order valence-electron chi connectivity index (χ2n) is 5.20. The zero-order valence-corrected chi connectivity index (χ0v) is 13.6. The van der Waals surface area contributed by atoms with Gasteiger partial charge in [0.25, 0.3) is 0 Å². The number of alkyl halides is 1. The summed E-state index contributed by atoms with van der Waals surface area (Å²) in [6, 6.07) is 0. The van der Waals surface area contributed by atoms with Crippen LogP contribution in [0.2, 0.25) is 0 Å². The van der Waals surface area contributed by atoms with E-state index in [0.29, 0.717) is 19.4 Å². The van der Waals surface area contributed by atoms with E-state index >= 15 is 0 Å². The minimum atomic E-state index is -0.666. The lowest BCUT2D eigenvalue weighted by Gasteiger charge is -2.18. The zero-order valence-electron chi connectivity index (χ0n) is 12.8. The maximum absolute atomic E-state index is 13.0. The minimum absolute atomic E-state index is 0.0844. The van der Waals surface area contributed by atoms with E-state index in [1.54, 1.807) is 11.8 Å². The van der Waals surface area contributed by atoms with Gasteiger partial charge in [0.1, 0.15) is 5.25 Å². The molecule has 0 saturated carbocycles. The molecular weight excluding hydrogens is 263 g/mol. The number of carbonyl (C=O) groups is 1. The highest BCUT2D eigenvalue weighted by Gasteiger charge is 2.23. The standard InChI is InChI=1S/C15H29FO2S/c1-5-10-18-15(17)14(12(3)4)19-11-8-7-9-13(16)6-2/h12-14H,5-11H2,1-4H3. The molecule has 114 valence electrons. The number of carbonyl (C=O) groups excluding carboxylic acids is 1. The maximum atomic E-state index is 13.0. The summed E-state index contributed by atoms with van der Waals surface area (Å²) in [4.78, 5) is 11.9. The van der Waals surface area contributed by atoms with Gasteiger partial charge in [0.05, 0.1) is 12.8 Å². The fourth-order valence-corrected chi connectivity index (χ4v) is 2.91. The third-order valence-corrected chi connectivity index (χ3v) is 4.56. The third-order valence-electron chi connectivity index (χ3n) is 2.94. The van der Waals surface area contributed by atoms with Crippen molar-refractivity contribution in [1.29, 1.82) is 0 Å². The molecule has 2 atom stereocenters. The van der Waals surface area contributed by atoms with Crippen LogP contribution in [0.5, 0.6) is 0 Å². The van der Waals surface area contributed by atoms with Crippen LogP contribution >= 0.6 is 11.8 Å². The summed E-state index contributed by atoms with van der Waals surface area (Å²) < 4.78 is 18.2. The molecule has 0 aliphatic heterocycles. The Morgan fingerprint density at radius 3 is 2.47 bits per heavy atom. The lowest BCUT2D eigenvalue weighted by atomic mass is 10.1. The van der Waals surface area contributed by atoms with Crippen LogP contribution in [-0.2, 0) is 9.53 Å². The Labute approximate surface area is 121 Å². The van der Waals surface area contributed by atoms with Crippen LogP contribution in [0.3, 0.4) is 0 Å². The first-order chi connectivity index (χ1) is 9.02. The molecular formula is C15H29FO2S. The van der Waals surface area contributed by atoms with Gasteiger partial charge in [-0.15, -0.1) is 11.8 Å². The van der Waals surface area contributed by atoms with Crippen molar-refractivity contribution in [2.75, 3.05) is 12.4 Å². The van der Waals surface area contributed by atoms with Gasteiger partial charge in [0.2, 0.25) is 0 Å². The summed E-state index contributed by atoms with van der Waals surface area (Å²) in [5.41, 5.74) is 0. The van der Waals surface area contributed by atoms with Crippen molar-refractivity contribution in [3.8, 4) is 0 Å². The van der Waals surface area contributed by atoms with Crippen LogP contribution in [0.4, 0.5) is 4.39 Å². The van der Waals surface area contributed by atoms with Crippen molar-refractivity contribution in [1.82, 2.24) is 0 Å². The first-order valence-electron chi connectivity index (χ1n) is 7.45. The number of hydrogen-bond donors (Lipinski definition) is 0. The van der Waals surface area contributed by atoms with Crippen LogP contribution in [-0.4, -0.2) is 29.8 Å². The maximum Gasteiger partial charge on any atom is 0.319 e. The fourth-order valence-electron chi connectivity index (χ4n) is 1.70. The SMILES string of the molecule is CCCOC(=O)C(SCCCCC(F)CC)C(C)C. The predicted octanol–water partition coefficient (Wildman–Crippen LogP) is 4.62. The van der Waals surface area contributed by atoms with Crippen molar-refractivity contribution in [3.05, 3.63) is 0 Å². The van der Waals surface area contributed by atoms with Gasteiger partial charge in [-0.2, -0.15) is 0 Å². The average molecular weight is 292 g/mol. The highest BCUT2D eigenvalue weighted by molar-refractivity contribution is 8.00. The van der Waals surface area contributed by atoms with Gasteiger partial charge >= 0.3 is 5.97 Å². The van der Waals surface area contributed by atoms with Crippen LogP contribution in [0, 0.1) is 5.92 Å². The van der Waals surface area contributed by atoms with E-state index in [0.717, 1.165) is 25.0 Å². The summed E-state index contributed by atoms with van der Waals surface area (Å²) in [5, 5.41) is -0.0844. The molecule has 0 aliphatic carbocycles. The molecule has 0 aromatic carbocycles. The summed E-state index contributed by atoms with van der Waals surface area (Å²) in [5.74, 6) is 1.08. The number of unbranched alkanes of at least 4 members (excludes halogenated alkanes) is 1. The average Bonchev–Trinajstić information content (AvgIpc) is 2.39. The molecule has 2 unspecified atom stereocenters. The van der Waals surface area contributed by atoms with Crippen LogP contribution in [0.1, 0.15) is 59.8 Å². The van der Waals surface area contributed by atoms with Gasteiger partial charge in [-0.25, -0.2) is 4.39 Å². The van der Waals surface area contributed by atoms with Gasteiger partial charge in [-0.3, -0.25) is 4.79 Å². The molecule has 0 heterocycles. The van der Waals surface area contributed by atoms with Crippen molar-refractivity contribution in [2.45, 2.75) is 71.2 Å². The van der Waals surface area contributed by atoms with Crippen molar-refractivity contribution in [2.24, 2.45) is 5.92 Å². The number of hydrogen-bond acceptors (Lipinski definition) is 3. The third kappa shape index (κ3) is 9.31. The van der Waals surface area contributed by atoms with E-state index in [1.807, 2.05) is 27.7 Å². The molecule has 0 rings (SSSR count). The Balaban J connectivity index is 3.86. The molecule has 0 bridgehead atoms. The number of esters is 1. The lowest BCUT2D eigenvalue weighted by Crippen LogP contribution is -2.26. The molecule has 0 fully saturated rings. The van der Waals surface area contributed by atoms with Crippen LogP contribution in [0.15, 0.2) is 0 Å². The van der Waals surface area contributed by atoms with E-state index in [4.69, 9.17) is 4.74 Å². The van der Waals surface area contributed by atoms with Crippen molar-refractivity contribution in [3.63, 3.8) is 0 Å². The van der Waals surface area contributed by atoms with Crippen molar-refractivity contribution >= 4 is 17.7 Å². The molecule has 0 amide bonds. The zero-order chi connectivity index (χ0) is 14.7. The number of ether oxygens (including phenoxy) is 1. The Morgan fingerprint density at radius 1 is 1.26 bits per heavy atom. The summed E-state index contributed by atoms with van der Waals surface area (Å²) >= 11 is 1.65. The van der Waals surface area contributed by atoms with E-state index in [9.17, 15) is 9.18 Å². The minimum Gasteiger partial charge on any atom is -0.465 e. The number of halogens is 1. The Bertz CT molecular complexity index is 234. The summed E-state index contributed by atoms with van der Waals surface area (Å²) in [6.45, 7) is 8.45. The van der Waals surface area contributed by atoms with Crippen LogP contribution in [0.25, 0.3) is 0 Å². The van der Waals surface area contributed by atoms with Gasteiger partial charge in [0.15, 0.2) is 0 Å². The molecule has 4 heteroatoms. The number of thioether (sulfide) groups is 1. The Hall–Kier alpha value is -0.250. The quantitative estimate of drug-likeness (QED) is 0.411. The monoisotopic (exact) mass is 292 g/mol. The second-order valence-corrected chi connectivity index (χ2v) is 6.45. The van der Waals surface area contributed by atoms with E-state index in [2.05, 4.69) is 0 Å². The molecule has 0 saturated heterocycles. The second kappa shape index (κ2) is 11.6. The highest BCUT2D eigenvalue weighted by atomic mass is 32.2.